The van der Waals surface area contributed by atoms with Gasteiger partial charge < -0.3 is 9.72 Å². The van der Waals surface area contributed by atoms with Crippen LogP contribution in [0.15, 0.2) is 66.7 Å². The summed E-state index contributed by atoms with van der Waals surface area (Å²) in [5.41, 5.74) is 3.28. The van der Waals surface area contributed by atoms with Gasteiger partial charge in [-0.2, -0.15) is 0 Å². The molecule has 3 nitrogen and oxygen atoms in total. The molecule has 0 aliphatic heterocycles. The number of aromatic amines is 1. The highest BCUT2D eigenvalue weighted by molar-refractivity contribution is 5.75. The Labute approximate surface area is 162 Å². The second kappa shape index (κ2) is 7.80. The maximum atomic E-state index is 13.7. The fraction of sp³-hybridized carbons (Fsp3) is 0.174. The number of fused-ring (bicyclic) bond motifs is 1. The molecule has 1 aromatic heterocycles. The van der Waals surface area contributed by atoms with Gasteiger partial charge in [0.1, 0.15) is 29.8 Å². The third kappa shape index (κ3) is 3.74. The van der Waals surface area contributed by atoms with Crippen molar-refractivity contribution >= 4 is 11.0 Å². The van der Waals surface area contributed by atoms with E-state index in [0.29, 0.717) is 5.75 Å². The summed E-state index contributed by atoms with van der Waals surface area (Å²) in [5, 5.41) is 0. The van der Waals surface area contributed by atoms with E-state index in [1.165, 1.54) is 0 Å². The zero-order valence-corrected chi connectivity index (χ0v) is 15.5. The highest BCUT2D eigenvalue weighted by Gasteiger charge is 2.16. The Hall–Kier alpha value is -3.21. The van der Waals surface area contributed by atoms with Gasteiger partial charge in [-0.3, -0.25) is 0 Å². The zero-order chi connectivity index (χ0) is 19.5. The van der Waals surface area contributed by atoms with Crippen LogP contribution in [0.4, 0.5) is 8.78 Å². The van der Waals surface area contributed by atoms with Crippen molar-refractivity contribution in [2.45, 2.75) is 25.9 Å². The Morgan fingerprint density at radius 2 is 1.79 bits per heavy atom. The summed E-state index contributed by atoms with van der Waals surface area (Å²) in [4.78, 5) is 8.11. The van der Waals surface area contributed by atoms with E-state index < -0.39 is 11.6 Å². The third-order valence-electron chi connectivity index (χ3n) is 4.83. The SMILES string of the molecule is CCC(c1ccc(OCc2cc(F)ccc2F)cc1)c1nc2ccccc2[nH]1. The zero-order valence-electron chi connectivity index (χ0n) is 15.5. The number of hydrogen-bond donors (Lipinski definition) is 1. The number of ether oxygens (including phenoxy) is 1. The van der Waals surface area contributed by atoms with E-state index in [0.717, 1.165) is 47.0 Å². The van der Waals surface area contributed by atoms with Crippen molar-refractivity contribution in [3.8, 4) is 5.75 Å². The molecule has 0 radical (unpaired) electrons. The van der Waals surface area contributed by atoms with Gasteiger partial charge in [0.2, 0.25) is 0 Å². The number of H-pyrrole nitrogens is 1. The lowest BCUT2D eigenvalue weighted by molar-refractivity contribution is 0.299. The van der Waals surface area contributed by atoms with Crippen LogP contribution in [-0.2, 0) is 6.61 Å². The highest BCUT2D eigenvalue weighted by atomic mass is 19.1. The van der Waals surface area contributed by atoms with Crippen LogP contribution in [0.1, 0.15) is 36.2 Å². The van der Waals surface area contributed by atoms with E-state index in [9.17, 15) is 8.78 Å². The minimum atomic E-state index is -0.480. The highest BCUT2D eigenvalue weighted by Crippen LogP contribution is 2.29. The van der Waals surface area contributed by atoms with Crippen LogP contribution in [0.5, 0.6) is 5.75 Å². The van der Waals surface area contributed by atoms with Crippen molar-refractivity contribution in [1.82, 2.24) is 9.97 Å². The van der Waals surface area contributed by atoms with Gasteiger partial charge in [-0.15, -0.1) is 0 Å². The van der Waals surface area contributed by atoms with Crippen LogP contribution < -0.4 is 4.74 Å². The van der Waals surface area contributed by atoms with Crippen molar-refractivity contribution in [3.05, 3.63) is 95.3 Å². The average molecular weight is 378 g/mol. The molecular formula is C23H20F2N2O. The second-order valence-electron chi connectivity index (χ2n) is 6.69. The molecule has 0 fully saturated rings. The van der Waals surface area contributed by atoms with E-state index >= 15 is 0 Å². The number of para-hydroxylation sites is 2. The van der Waals surface area contributed by atoms with E-state index in [-0.39, 0.29) is 18.1 Å². The molecule has 142 valence electrons. The third-order valence-corrected chi connectivity index (χ3v) is 4.83. The molecule has 0 saturated heterocycles. The molecule has 1 unspecified atom stereocenters. The topological polar surface area (TPSA) is 37.9 Å². The van der Waals surface area contributed by atoms with E-state index in [1.54, 1.807) is 0 Å². The normalized spacial score (nSPS) is 12.2. The van der Waals surface area contributed by atoms with Gasteiger partial charge in [0.05, 0.1) is 11.0 Å². The monoisotopic (exact) mass is 378 g/mol. The van der Waals surface area contributed by atoms with E-state index in [2.05, 4.69) is 11.9 Å². The molecule has 0 amide bonds. The summed E-state index contributed by atoms with van der Waals surface area (Å²) >= 11 is 0. The van der Waals surface area contributed by atoms with Gasteiger partial charge in [0.15, 0.2) is 0 Å². The molecule has 0 aliphatic carbocycles. The van der Waals surface area contributed by atoms with Crippen LogP contribution >= 0.6 is 0 Å². The van der Waals surface area contributed by atoms with Gasteiger partial charge in [0, 0.05) is 11.5 Å². The summed E-state index contributed by atoms with van der Waals surface area (Å²) in [6, 6.07) is 19.0. The van der Waals surface area contributed by atoms with Crippen molar-refractivity contribution in [2.24, 2.45) is 0 Å². The molecule has 1 heterocycles. The summed E-state index contributed by atoms with van der Waals surface area (Å²) in [6.07, 6.45) is 0.897. The number of nitrogens with zero attached hydrogens (tertiary/aromatic N) is 1. The number of halogens is 2. The molecule has 1 N–H and O–H groups in total. The lowest BCUT2D eigenvalue weighted by atomic mass is 9.96. The first kappa shape index (κ1) is 18.2. The molecule has 3 aromatic carbocycles. The van der Waals surface area contributed by atoms with Crippen LogP contribution in [-0.4, -0.2) is 9.97 Å². The molecular weight excluding hydrogens is 358 g/mol. The first-order valence-electron chi connectivity index (χ1n) is 9.25. The van der Waals surface area contributed by atoms with Crippen molar-refractivity contribution < 1.29 is 13.5 Å². The summed E-state index contributed by atoms with van der Waals surface area (Å²) in [5.74, 6) is 0.717. The van der Waals surface area contributed by atoms with Crippen molar-refractivity contribution in [2.75, 3.05) is 0 Å². The smallest absolute Gasteiger partial charge is 0.130 e. The quantitative estimate of drug-likeness (QED) is 0.449. The number of aromatic nitrogens is 2. The van der Waals surface area contributed by atoms with E-state index in [1.807, 2.05) is 48.5 Å². The molecule has 0 bridgehead atoms. The molecule has 0 spiro atoms. The van der Waals surface area contributed by atoms with Gasteiger partial charge in [0.25, 0.3) is 0 Å². The number of benzene rings is 3. The number of hydrogen-bond acceptors (Lipinski definition) is 2. The number of imidazole rings is 1. The number of nitrogens with one attached hydrogen (secondary N) is 1. The summed E-state index contributed by atoms with van der Waals surface area (Å²) < 4.78 is 32.6. The first-order valence-corrected chi connectivity index (χ1v) is 9.25. The predicted octanol–water partition coefficient (Wildman–Crippen LogP) is 5.96. The molecule has 5 heteroatoms. The van der Waals surface area contributed by atoms with Gasteiger partial charge >= 0.3 is 0 Å². The second-order valence-corrected chi connectivity index (χ2v) is 6.69. The molecule has 0 aliphatic rings. The lowest BCUT2D eigenvalue weighted by Gasteiger charge is -2.14. The van der Waals surface area contributed by atoms with Gasteiger partial charge in [-0.1, -0.05) is 31.2 Å². The van der Waals surface area contributed by atoms with Gasteiger partial charge in [-0.25, -0.2) is 13.8 Å². The fourth-order valence-electron chi connectivity index (χ4n) is 3.34. The Balaban J connectivity index is 1.50. The van der Waals surface area contributed by atoms with Crippen molar-refractivity contribution in [3.63, 3.8) is 0 Å². The minimum absolute atomic E-state index is 0.0241. The van der Waals surface area contributed by atoms with Crippen LogP contribution in [0.3, 0.4) is 0 Å². The van der Waals surface area contributed by atoms with Crippen LogP contribution in [0, 0.1) is 11.6 Å². The molecule has 0 saturated carbocycles. The lowest BCUT2D eigenvalue weighted by Crippen LogP contribution is -2.03. The standard InChI is InChI=1S/C23H20F2N2O/c1-2-19(23-26-21-5-3-4-6-22(21)27-23)15-7-10-18(11-8-15)28-14-16-13-17(24)9-12-20(16)25/h3-13,19H,2,14H2,1H3,(H,26,27). The van der Waals surface area contributed by atoms with E-state index in [4.69, 9.17) is 9.72 Å². The average Bonchev–Trinajstić information content (AvgIpc) is 3.14. The minimum Gasteiger partial charge on any atom is -0.489 e. The molecule has 1 atom stereocenters. The Morgan fingerprint density at radius 1 is 1.00 bits per heavy atom. The van der Waals surface area contributed by atoms with Gasteiger partial charge in [-0.05, 0) is 54.4 Å². The summed E-state index contributed by atoms with van der Waals surface area (Å²) in [6.45, 7) is 2.10. The van der Waals surface area contributed by atoms with Crippen LogP contribution in [0.2, 0.25) is 0 Å². The Bertz CT molecular complexity index is 1060. The number of rotatable bonds is 6. The maximum Gasteiger partial charge on any atom is 0.130 e. The molecule has 28 heavy (non-hydrogen) atoms. The summed E-state index contributed by atoms with van der Waals surface area (Å²) in [7, 11) is 0. The molecule has 4 aromatic rings. The Kier molecular flexibility index (Phi) is 5.06. The first-order chi connectivity index (χ1) is 13.6. The fourth-order valence-corrected chi connectivity index (χ4v) is 3.34. The molecule has 4 rings (SSSR count). The predicted molar refractivity (Wildman–Crippen MR) is 105 cm³/mol. The Morgan fingerprint density at radius 3 is 2.54 bits per heavy atom. The largest absolute Gasteiger partial charge is 0.489 e. The maximum absolute atomic E-state index is 13.7. The van der Waals surface area contributed by atoms with Crippen LogP contribution in [0.25, 0.3) is 11.0 Å². The van der Waals surface area contributed by atoms with Crippen molar-refractivity contribution in [1.29, 1.82) is 0 Å².